The molecule has 0 atom stereocenters. The van der Waals surface area contributed by atoms with Crippen LogP contribution in [0.2, 0.25) is 15.1 Å². The predicted octanol–water partition coefficient (Wildman–Crippen LogP) is 6.29. The van der Waals surface area contributed by atoms with Crippen LogP contribution >= 0.6 is 34.8 Å². The fourth-order valence-corrected chi connectivity index (χ4v) is 9.11. The monoisotopic (exact) mass is 760 g/mol. The van der Waals surface area contributed by atoms with Gasteiger partial charge in [-0.3, -0.25) is 19.4 Å². The van der Waals surface area contributed by atoms with Crippen molar-refractivity contribution < 1.29 is 9.59 Å². The van der Waals surface area contributed by atoms with Crippen LogP contribution in [-0.2, 0) is 9.59 Å². The van der Waals surface area contributed by atoms with Gasteiger partial charge in [0.1, 0.15) is 11.6 Å². The second-order valence-electron chi connectivity index (χ2n) is 15.1. The Balaban J connectivity index is 0.773. The molecule has 0 spiro atoms. The number of pyridine rings is 2. The highest BCUT2D eigenvalue weighted by atomic mass is 35.5. The number of nitrogens with zero attached hydrogens (tertiary/aromatic N) is 6. The first kappa shape index (κ1) is 38.4. The molecule has 2 N–H and O–H groups in total. The molecule has 280 valence electrons. The van der Waals surface area contributed by atoms with Gasteiger partial charge in [-0.1, -0.05) is 34.8 Å². The van der Waals surface area contributed by atoms with E-state index in [2.05, 4.69) is 40.2 Å². The zero-order valence-electron chi connectivity index (χ0n) is 29.9. The fraction of sp³-hybridized carbons (Fsp3) is 0.684. The van der Waals surface area contributed by atoms with E-state index in [0.29, 0.717) is 16.0 Å². The lowest BCUT2D eigenvalue weighted by atomic mass is 9.84. The van der Waals surface area contributed by atoms with E-state index >= 15 is 0 Å². The summed E-state index contributed by atoms with van der Waals surface area (Å²) in [6.45, 7) is 10.0. The Morgan fingerprint density at radius 1 is 0.647 bits per heavy atom. The van der Waals surface area contributed by atoms with E-state index in [0.717, 1.165) is 139 Å². The van der Waals surface area contributed by atoms with Crippen LogP contribution in [0.1, 0.15) is 77.0 Å². The quantitative estimate of drug-likeness (QED) is 0.246. The minimum absolute atomic E-state index is 0.00872. The maximum absolute atomic E-state index is 12.7. The van der Waals surface area contributed by atoms with Gasteiger partial charge in [-0.15, -0.1) is 0 Å². The first-order valence-corrected chi connectivity index (χ1v) is 20.4. The van der Waals surface area contributed by atoms with Gasteiger partial charge < -0.3 is 20.4 Å². The molecule has 2 aliphatic heterocycles. The Hall–Kier alpha value is -2.37. The standard InChI is InChI=1S/C38H55Cl3N8O2/c39-30-26-34(41)38(43-27-30)49-24-20-47(21-25-49)17-14-29-5-9-32(10-6-29)45-36(51)12-11-35(50)44-31-7-3-28(4-8-31)13-16-46-18-22-48(23-19-46)37-33(40)2-1-15-42-37/h1-2,15,26-29,31-32H,3-14,16-25H2,(H,44,50)(H,45,51). The number of aromatic nitrogens is 2. The van der Waals surface area contributed by atoms with Crippen molar-refractivity contribution in [1.29, 1.82) is 0 Å². The Morgan fingerprint density at radius 3 is 1.57 bits per heavy atom. The van der Waals surface area contributed by atoms with Gasteiger partial charge in [-0.2, -0.15) is 0 Å². The van der Waals surface area contributed by atoms with E-state index in [9.17, 15) is 9.59 Å². The summed E-state index contributed by atoms with van der Waals surface area (Å²) in [5.41, 5.74) is 0. The molecular formula is C38H55Cl3N8O2. The number of amides is 2. The maximum atomic E-state index is 12.7. The Bertz CT molecular complexity index is 1420. The fourth-order valence-electron chi connectivity index (χ4n) is 8.36. The molecule has 4 heterocycles. The molecule has 6 rings (SSSR count). The number of hydrogen-bond acceptors (Lipinski definition) is 8. The summed E-state index contributed by atoms with van der Waals surface area (Å²) in [5.74, 6) is 3.16. The molecule has 51 heavy (non-hydrogen) atoms. The average Bonchev–Trinajstić information content (AvgIpc) is 3.14. The summed E-state index contributed by atoms with van der Waals surface area (Å²) in [7, 11) is 0. The molecule has 10 nitrogen and oxygen atoms in total. The van der Waals surface area contributed by atoms with Gasteiger partial charge >= 0.3 is 0 Å². The van der Waals surface area contributed by atoms with Gasteiger partial charge in [0, 0.05) is 89.7 Å². The Labute approximate surface area is 318 Å². The third-order valence-corrected chi connectivity index (χ3v) is 12.4. The summed E-state index contributed by atoms with van der Waals surface area (Å²) in [6.07, 6.45) is 15.1. The van der Waals surface area contributed by atoms with Crippen LogP contribution in [0.4, 0.5) is 11.6 Å². The van der Waals surface area contributed by atoms with Gasteiger partial charge in [0.25, 0.3) is 0 Å². The van der Waals surface area contributed by atoms with E-state index in [4.69, 9.17) is 34.8 Å². The van der Waals surface area contributed by atoms with E-state index in [1.807, 2.05) is 18.3 Å². The molecule has 0 unspecified atom stereocenters. The molecule has 2 aromatic heterocycles. The minimum atomic E-state index is 0.00872. The predicted molar refractivity (Wildman–Crippen MR) is 207 cm³/mol. The molecule has 2 aromatic rings. The van der Waals surface area contributed by atoms with Gasteiger partial charge in [0.15, 0.2) is 0 Å². The number of anilines is 2. The Kier molecular flexibility index (Phi) is 14.4. The molecule has 0 bridgehead atoms. The first-order valence-electron chi connectivity index (χ1n) is 19.2. The zero-order chi connectivity index (χ0) is 35.6. The normalized spacial score (nSPS) is 25.1. The summed E-state index contributed by atoms with van der Waals surface area (Å²) in [6, 6.07) is 6.01. The molecular weight excluding hydrogens is 707 g/mol. The number of carbonyl (C=O) groups is 2. The van der Waals surface area contributed by atoms with Crippen LogP contribution in [-0.4, -0.2) is 109 Å². The second kappa shape index (κ2) is 19.1. The van der Waals surface area contributed by atoms with Crippen LogP contribution in [0.15, 0.2) is 30.6 Å². The number of hydrogen-bond donors (Lipinski definition) is 2. The van der Waals surface area contributed by atoms with Crippen molar-refractivity contribution in [3.8, 4) is 0 Å². The van der Waals surface area contributed by atoms with Crippen molar-refractivity contribution in [2.75, 3.05) is 75.2 Å². The van der Waals surface area contributed by atoms with Crippen molar-refractivity contribution >= 4 is 58.3 Å². The maximum Gasteiger partial charge on any atom is 0.220 e. The van der Waals surface area contributed by atoms with Crippen molar-refractivity contribution in [2.45, 2.75) is 89.1 Å². The first-order chi connectivity index (χ1) is 24.8. The number of rotatable bonds is 13. The van der Waals surface area contributed by atoms with Crippen molar-refractivity contribution in [2.24, 2.45) is 11.8 Å². The minimum Gasteiger partial charge on any atom is -0.353 e. The summed E-state index contributed by atoms with van der Waals surface area (Å²) >= 11 is 18.7. The van der Waals surface area contributed by atoms with E-state index in [-0.39, 0.29) is 36.7 Å². The van der Waals surface area contributed by atoms with E-state index in [1.165, 1.54) is 12.8 Å². The lowest BCUT2D eigenvalue weighted by Crippen LogP contribution is -2.47. The molecule has 2 amide bonds. The molecule has 4 fully saturated rings. The SMILES string of the molecule is O=C(CCC(=O)NC1CCC(CCN2CCN(c3ncc(Cl)cc3Cl)CC2)CC1)NC1CCC(CCN2CCN(c3ncccc3Cl)CC2)CC1. The molecule has 4 aliphatic rings. The van der Waals surface area contributed by atoms with Crippen molar-refractivity contribution in [3.05, 3.63) is 45.7 Å². The lowest BCUT2D eigenvalue weighted by Gasteiger charge is -2.37. The average molecular weight is 762 g/mol. The van der Waals surface area contributed by atoms with Gasteiger partial charge in [-0.05, 0) is 107 Å². The number of nitrogens with one attached hydrogen (secondary N) is 2. The molecule has 2 saturated heterocycles. The molecule has 0 aromatic carbocycles. The highest BCUT2D eigenvalue weighted by molar-refractivity contribution is 6.36. The third kappa shape index (κ3) is 11.6. The second-order valence-corrected chi connectivity index (χ2v) is 16.3. The largest absolute Gasteiger partial charge is 0.353 e. The van der Waals surface area contributed by atoms with Crippen molar-refractivity contribution in [1.82, 2.24) is 30.4 Å². The van der Waals surface area contributed by atoms with Crippen LogP contribution in [0, 0.1) is 11.8 Å². The van der Waals surface area contributed by atoms with Crippen LogP contribution in [0.25, 0.3) is 0 Å². The molecule has 0 radical (unpaired) electrons. The Morgan fingerprint density at radius 2 is 1.12 bits per heavy atom. The summed E-state index contributed by atoms with van der Waals surface area (Å²) in [4.78, 5) is 43.9. The number of piperazine rings is 2. The molecule has 2 aliphatic carbocycles. The van der Waals surface area contributed by atoms with E-state index < -0.39 is 0 Å². The highest BCUT2D eigenvalue weighted by Gasteiger charge is 2.27. The smallest absolute Gasteiger partial charge is 0.220 e. The molecule has 2 saturated carbocycles. The van der Waals surface area contributed by atoms with Crippen LogP contribution < -0.4 is 20.4 Å². The number of halogens is 3. The van der Waals surface area contributed by atoms with Crippen LogP contribution in [0.5, 0.6) is 0 Å². The highest BCUT2D eigenvalue weighted by Crippen LogP contribution is 2.30. The zero-order valence-corrected chi connectivity index (χ0v) is 32.2. The van der Waals surface area contributed by atoms with Gasteiger partial charge in [0.05, 0.1) is 15.1 Å². The summed E-state index contributed by atoms with van der Waals surface area (Å²) < 4.78 is 0. The van der Waals surface area contributed by atoms with Gasteiger partial charge in [-0.25, -0.2) is 9.97 Å². The molecule has 13 heteroatoms. The van der Waals surface area contributed by atoms with Crippen LogP contribution in [0.3, 0.4) is 0 Å². The van der Waals surface area contributed by atoms with Gasteiger partial charge in [0.2, 0.25) is 11.8 Å². The summed E-state index contributed by atoms with van der Waals surface area (Å²) in [5, 5.41) is 8.33. The topological polar surface area (TPSA) is 96.9 Å². The van der Waals surface area contributed by atoms with Crippen molar-refractivity contribution in [3.63, 3.8) is 0 Å². The van der Waals surface area contributed by atoms with E-state index in [1.54, 1.807) is 12.3 Å². The number of carbonyl (C=O) groups excluding carboxylic acids is 2. The lowest BCUT2D eigenvalue weighted by molar-refractivity contribution is -0.127. The third-order valence-electron chi connectivity index (χ3n) is 11.6.